The monoisotopic (exact) mass is 1110 g/mol. The zero-order chi connectivity index (χ0) is 57.9. The zero-order valence-corrected chi connectivity index (χ0v) is 43.9. The van der Waals surface area contributed by atoms with Crippen molar-refractivity contribution in [3.8, 4) is 22.3 Å². The van der Waals surface area contributed by atoms with Crippen LogP contribution < -0.4 is 33.1 Å². The highest BCUT2D eigenvalue weighted by atomic mass is 16.5. The van der Waals surface area contributed by atoms with Crippen molar-refractivity contribution < 1.29 is 48.5 Å². The Bertz CT molecular complexity index is 4250. The minimum absolute atomic E-state index is 0.0445. The van der Waals surface area contributed by atoms with Gasteiger partial charge in [-0.2, -0.15) is 0 Å². The van der Waals surface area contributed by atoms with Crippen LogP contribution in [0.3, 0.4) is 0 Å². The SMILES string of the molecule is Cc1c(-c2cccc(C(=O)NCCOCCOCCNC(=O)c3cccc(-c4c(C)c(C(=O)c5ccc6c(=O)n(CC(=O)O)c(=O)[nH]c6c5)n5ccccc45)c3)c2)c2ccccn2c1C(=O)c1ccc2c(=O)n(CC(=O)O)c(=O)[nH]c2c1. The highest BCUT2D eigenvalue weighted by Crippen LogP contribution is 2.36. The molecule has 0 fully saturated rings. The zero-order valence-electron chi connectivity index (χ0n) is 43.9. The van der Waals surface area contributed by atoms with Gasteiger partial charge in [0.15, 0.2) is 0 Å². The second-order valence-corrected chi connectivity index (χ2v) is 19.1. The number of rotatable bonds is 21. The van der Waals surface area contributed by atoms with E-state index in [-0.39, 0.29) is 84.3 Å². The summed E-state index contributed by atoms with van der Waals surface area (Å²) in [5.74, 6) is -4.21. The number of aliphatic carboxylic acids is 2. The van der Waals surface area contributed by atoms with Crippen molar-refractivity contribution in [3.05, 3.63) is 220 Å². The summed E-state index contributed by atoms with van der Waals surface area (Å²) in [6.45, 7) is 3.18. The summed E-state index contributed by atoms with van der Waals surface area (Å²) in [5.41, 5.74) is 3.91. The summed E-state index contributed by atoms with van der Waals surface area (Å²) in [4.78, 5) is 134. The fraction of sp³-hybridized carbons (Fsp3) is 0.167. The van der Waals surface area contributed by atoms with Gasteiger partial charge in [-0.3, -0.25) is 38.4 Å². The minimum Gasteiger partial charge on any atom is -0.480 e. The number of fused-ring (bicyclic) bond motifs is 4. The summed E-state index contributed by atoms with van der Waals surface area (Å²) in [5, 5.41) is 24.1. The lowest BCUT2D eigenvalue weighted by atomic mass is 9.97. The van der Waals surface area contributed by atoms with Gasteiger partial charge in [-0.1, -0.05) is 48.5 Å². The molecule has 0 atom stereocenters. The number of hydrogen-bond acceptors (Lipinski definition) is 12. The molecule has 10 aromatic rings. The summed E-state index contributed by atoms with van der Waals surface area (Å²) in [6, 6.07) is 33.3. The maximum Gasteiger partial charge on any atom is 0.329 e. The van der Waals surface area contributed by atoms with Gasteiger partial charge in [-0.25, -0.2) is 18.7 Å². The molecule has 22 heteroatoms. The van der Waals surface area contributed by atoms with E-state index in [0.717, 1.165) is 0 Å². The Hall–Kier alpha value is -10.6. The van der Waals surface area contributed by atoms with Gasteiger partial charge >= 0.3 is 23.3 Å². The lowest BCUT2D eigenvalue weighted by Crippen LogP contribution is -2.37. The molecule has 0 spiro atoms. The van der Waals surface area contributed by atoms with Crippen LogP contribution in [0.1, 0.15) is 63.9 Å². The van der Waals surface area contributed by atoms with E-state index in [9.17, 15) is 47.9 Å². The number of ketones is 2. The first-order chi connectivity index (χ1) is 39.5. The van der Waals surface area contributed by atoms with E-state index in [1.807, 2.05) is 36.4 Å². The molecule has 2 amide bonds. The van der Waals surface area contributed by atoms with Gasteiger partial charge in [0.2, 0.25) is 11.6 Å². The van der Waals surface area contributed by atoms with Crippen molar-refractivity contribution in [2.45, 2.75) is 26.9 Å². The summed E-state index contributed by atoms with van der Waals surface area (Å²) < 4.78 is 16.0. The van der Waals surface area contributed by atoms with Crippen molar-refractivity contribution in [2.24, 2.45) is 0 Å². The Morgan fingerprint density at radius 3 is 1.30 bits per heavy atom. The lowest BCUT2D eigenvalue weighted by Gasteiger charge is -2.10. The highest BCUT2D eigenvalue weighted by Gasteiger charge is 2.26. The number of carboxylic acids is 2. The van der Waals surface area contributed by atoms with Gasteiger partial charge in [0.1, 0.15) is 13.1 Å². The number of pyridine rings is 2. The molecule has 414 valence electrons. The van der Waals surface area contributed by atoms with Crippen LogP contribution in [-0.4, -0.2) is 113 Å². The number of amides is 2. The van der Waals surface area contributed by atoms with Crippen molar-refractivity contribution in [1.29, 1.82) is 0 Å². The van der Waals surface area contributed by atoms with E-state index in [1.165, 1.54) is 36.4 Å². The lowest BCUT2D eigenvalue weighted by molar-refractivity contribution is -0.138. The Kier molecular flexibility index (Phi) is 15.4. The number of ether oxygens (including phenoxy) is 2. The molecule has 0 radical (unpaired) electrons. The number of carbonyl (C=O) groups is 6. The molecule has 0 unspecified atom stereocenters. The van der Waals surface area contributed by atoms with Gasteiger partial charge < -0.3 is 49.1 Å². The molecule has 0 aliphatic rings. The highest BCUT2D eigenvalue weighted by molar-refractivity contribution is 6.14. The number of aromatic amines is 2. The van der Waals surface area contributed by atoms with Crippen LogP contribution in [0.25, 0.3) is 55.1 Å². The molecule has 82 heavy (non-hydrogen) atoms. The fourth-order valence-corrected chi connectivity index (χ4v) is 10.2. The number of H-pyrrole nitrogens is 2. The number of carbonyl (C=O) groups excluding carboxylic acids is 4. The van der Waals surface area contributed by atoms with E-state index in [0.29, 0.717) is 76.1 Å². The molecule has 10 rings (SSSR count). The smallest absolute Gasteiger partial charge is 0.329 e. The van der Waals surface area contributed by atoms with Gasteiger partial charge in [-0.05, 0) is 109 Å². The Balaban J connectivity index is 0.709. The standard InChI is InChI=1S/C60H50N8O14/c1-33-49(45-13-3-5-21-65(45)51(33)53(73)37-15-17-41-43(29-37)63-59(79)67(57(41)77)31-47(69)70)35-9-7-11-39(27-35)55(75)61-19-23-81-25-26-82-24-20-62-56(76)40-12-8-10-36(28-40)50-34(2)52(66-22-6-4-14-46(50)66)54(74)38-16-18-42-44(30-38)64-60(80)68(58(42)78)32-48(71)72/h3-18,21-22,27-30H,19-20,23-26,31-32H2,1-2H3,(H,61,75)(H,62,76)(H,63,79)(H,64,80)(H,69,70)(H,71,72). The van der Waals surface area contributed by atoms with Crippen molar-refractivity contribution in [2.75, 3.05) is 39.5 Å². The van der Waals surface area contributed by atoms with Crippen LogP contribution in [-0.2, 0) is 32.2 Å². The van der Waals surface area contributed by atoms with Gasteiger partial charge in [-0.15, -0.1) is 0 Å². The van der Waals surface area contributed by atoms with E-state index in [2.05, 4.69) is 20.6 Å². The van der Waals surface area contributed by atoms with E-state index < -0.39 is 59.1 Å². The number of aromatic nitrogens is 6. The fourth-order valence-electron chi connectivity index (χ4n) is 10.2. The van der Waals surface area contributed by atoms with E-state index >= 15 is 0 Å². The van der Waals surface area contributed by atoms with Crippen molar-refractivity contribution in [3.63, 3.8) is 0 Å². The van der Waals surface area contributed by atoms with Crippen LogP contribution in [0.5, 0.6) is 0 Å². The number of hydrogen-bond donors (Lipinski definition) is 6. The number of nitrogens with one attached hydrogen (secondary N) is 4. The number of benzene rings is 4. The molecule has 0 saturated carbocycles. The Morgan fingerprint density at radius 1 is 0.488 bits per heavy atom. The second-order valence-electron chi connectivity index (χ2n) is 19.1. The Morgan fingerprint density at radius 2 is 0.902 bits per heavy atom. The first-order valence-electron chi connectivity index (χ1n) is 25.7. The molecule has 0 aliphatic carbocycles. The molecule has 0 bridgehead atoms. The molecule has 4 aromatic carbocycles. The number of carboxylic acid groups (broad SMARTS) is 2. The third-order valence-electron chi connectivity index (χ3n) is 13.9. The van der Waals surface area contributed by atoms with E-state index in [1.54, 1.807) is 83.6 Å². The topological polar surface area (TPSA) is 304 Å². The molecule has 6 N–H and O–H groups in total. The third-order valence-corrected chi connectivity index (χ3v) is 13.9. The largest absolute Gasteiger partial charge is 0.480 e. The van der Waals surface area contributed by atoms with Gasteiger partial charge in [0, 0.05) is 58.9 Å². The summed E-state index contributed by atoms with van der Waals surface area (Å²) in [6.07, 6.45) is 3.49. The predicted octanol–water partition coefficient (Wildman–Crippen LogP) is 4.97. The average molecular weight is 1110 g/mol. The van der Waals surface area contributed by atoms with Gasteiger partial charge in [0.25, 0.3) is 22.9 Å². The van der Waals surface area contributed by atoms with E-state index in [4.69, 9.17) is 19.7 Å². The quantitative estimate of drug-likeness (QED) is 0.0409. The maximum absolute atomic E-state index is 14.2. The molecular weight excluding hydrogens is 1060 g/mol. The first kappa shape index (κ1) is 54.8. The Labute approximate surface area is 462 Å². The minimum atomic E-state index is -1.36. The van der Waals surface area contributed by atoms with Gasteiger partial charge in [0.05, 0.1) is 70.7 Å². The maximum atomic E-state index is 14.2. The third kappa shape index (κ3) is 10.7. The molecule has 6 aromatic heterocycles. The van der Waals surface area contributed by atoms with Crippen LogP contribution in [0.15, 0.2) is 153 Å². The summed E-state index contributed by atoms with van der Waals surface area (Å²) >= 11 is 0. The predicted molar refractivity (Wildman–Crippen MR) is 301 cm³/mol. The molecule has 6 heterocycles. The van der Waals surface area contributed by atoms with Crippen molar-refractivity contribution >= 4 is 68.2 Å². The number of nitrogens with zero attached hydrogens (tertiary/aromatic N) is 4. The molecule has 0 aliphatic heterocycles. The van der Waals surface area contributed by atoms with Crippen LogP contribution >= 0.6 is 0 Å². The average Bonchev–Trinajstić information content (AvgIpc) is 3.23. The van der Waals surface area contributed by atoms with Crippen LogP contribution in [0, 0.1) is 13.8 Å². The normalized spacial score (nSPS) is 11.4. The second kappa shape index (κ2) is 23.0. The molecule has 22 nitrogen and oxygen atoms in total. The molecular formula is C60H50N8O14. The summed E-state index contributed by atoms with van der Waals surface area (Å²) in [7, 11) is 0. The molecule has 0 saturated heterocycles. The first-order valence-corrected chi connectivity index (χ1v) is 25.7. The van der Waals surface area contributed by atoms with Crippen molar-refractivity contribution in [1.82, 2.24) is 38.5 Å². The van der Waals surface area contributed by atoms with Crippen LogP contribution in [0.4, 0.5) is 0 Å². The van der Waals surface area contributed by atoms with Crippen LogP contribution in [0.2, 0.25) is 0 Å².